The number of hydrogen-bond acceptors (Lipinski definition) is 3. The second kappa shape index (κ2) is 6.15. The van der Waals surface area contributed by atoms with E-state index in [9.17, 15) is 4.79 Å². The zero-order valence-electron chi connectivity index (χ0n) is 11.2. The fourth-order valence-corrected chi connectivity index (χ4v) is 1.89. The van der Waals surface area contributed by atoms with Crippen LogP contribution in [-0.4, -0.2) is 22.5 Å². The SMILES string of the molecule is CNCc1nccn1CC(=O)Nc1cccc(C)c1. The molecule has 5 heteroatoms. The average Bonchev–Trinajstić information content (AvgIpc) is 2.77. The number of benzene rings is 1. The van der Waals surface area contributed by atoms with Crippen LogP contribution in [0.25, 0.3) is 0 Å². The van der Waals surface area contributed by atoms with Crippen LogP contribution in [0.4, 0.5) is 5.69 Å². The van der Waals surface area contributed by atoms with Gasteiger partial charge in [-0.05, 0) is 31.7 Å². The van der Waals surface area contributed by atoms with Crippen molar-refractivity contribution in [2.24, 2.45) is 0 Å². The van der Waals surface area contributed by atoms with Gasteiger partial charge in [-0.2, -0.15) is 0 Å². The molecule has 0 atom stereocenters. The molecule has 1 heterocycles. The predicted octanol–water partition coefficient (Wildman–Crippen LogP) is 1.55. The maximum absolute atomic E-state index is 12.0. The Balaban J connectivity index is 1.99. The lowest BCUT2D eigenvalue weighted by Gasteiger charge is -2.09. The van der Waals surface area contributed by atoms with Crippen LogP contribution >= 0.6 is 0 Å². The van der Waals surface area contributed by atoms with Gasteiger partial charge in [-0.25, -0.2) is 4.98 Å². The first kappa shape index (κ1) is 13.3. The number of hydrogen-bond donors (Lipinski definition) is 2. The Morgan fingerprint density at radius 2 is 2.26 bits per heavy atom. The topological polar surface area (TPSA) is 59.0 Å². The molecule has 0 aliphatic heterocycles. The van der Waals surface area contributed by atoms with E-state index >= 15 is 0 Å². The summed E-state index contributed by atoms with van der Waals surface area (Å²) in [6, 6.07) is 7.75. The summed E-state index contributed by atoms with van der Waals surface area (Å²) in [6.07, 6.45) is 3.51. The minimum Gasteiger partial charge on any atom is -0.325 e. The zero-order chi connectivity index (χ0) is 13.7. The highest BCUT2D eigenvalue weighted by molar-refractivity contribution is 5.90. The third-order valence-electron chi connectivity index (χ3n) is 2.75. The van der Waals surface area contributed by atoms with Crippen molar-refractivity contribution >= 4 is 11.6 Å². The second-order valence-corrected chi connectivity index (χ2v) is 4.42. The number of nitrogens with one attached hydrogen (secondary N) is 2. The van der Waals surface area contributed by atoms with Crippen LogP contribution in [0.1, 0.15) is 11.4 Å². The molecule has 100 valence electrons. The molecule has 0 saturated carbocycles. The Bertz CT molecular complexity index is 562. The quantitative estimate of drug-likeness (QED) is 0.855. The van der Waals surface area contributed by atoms with Gasteiger partial charge in [-0.3, -0.25) is 4.79 Å². The van der Waals surface area contributed by atoms with Gasteiger partial charge >= 0.3 is 0 Å². The first-order valence-electron chi connectivity index (χ1n) is 6.20. The molecule has 0 saturated heterocycles. The van der Waals surface area contributed by atoms with Crippen molar-refractivity contribution in [1.29, 1.82) is 0 Å². The number of aromatic nitrogens is 2. The van der Waals surface area contributed by atoms with Gasteiger partial charge in [0, 0.05) is 18.1 Å². The van der Waals surface area contributed by atoms with E-state index < -0.39 is 0 Å². The lowest BCUT2D eigenvalue weighted by atomic mass is 10.2. The van der Waals surface area contributed by atoms with Crippen molar-refractivity contribution in [3.05, 3.63) is 48.0 Å². The number of imidazole rings is 1. The van der Waals surface area contributed by atoms with Gasteiger partial charge in [0.1, 0.15) is 12.4 Å². The van der Waals surface area contributed by atoms with Crippen molar-refractivity contribution in [2.45, 2.75) is 20.0 Å². The highest BCUT2D eigenvalue weighted by Gasteiger charge is 2.07. The second-order valence-electron chi connectivity index (χ2n) is 4.42. The first-order chi connectivity index (χ1) is 9.19. The van der Waals surface area contributed by atoms with Crippen molar-refractivity contribution in [1.82, 2.24) is 14.9 Å². The van der Waals surface area contributed by atoms with Crippen molar-refractivity contribution in [3.8, 4) is 0 Å². The van der Waals surface area contributed by atoms with Gasteiger partial charge in [0.2, 0.25) is 5.91 Å². The van der Waals surface area contributed by atoms with Crippen LogP contribution in [0, 0.1) is 6.92 Å². The molecule has 0 bridgehead atoms. The maximum atomic E-state index is 12.0. The summed E-state index contributed by atoms with van der Waals surface area (Å²) < 4.78 is 1.83. The lowest BCUT2D eigenvalue weighted by Crippen LogP contribution is -2.21. The normalized spacial score (nSPS) is 10.4. The maximum Gasteiger partial charge on any atom is 0.244 e. The third kappa shape index (κ3) is 3.66. The third-order valence-corrected chi connectivity index (χ3v) is 2.75. The van der Waals surface area contributed by atoms with E-state index in [-0.39, 0.29) is 12.5 Å². The molecular formula is C14H18N4O. The molecule has 19 heavy (non-hydrogen) atoms. The standard InChI is InChI=1S/C14H18N4O/c1-11-4-3-5-12(8-11)17-14(19)10-18-7-6-16-13(18)9-15-2/h3-8,15H,9-10H2,1-2H3,(H,17,19). The molecule has 1 aromatic carbocycles. The van der Waals surface area contributed by atoms with E-state index in [2.05, 4.69) is 15.6 Å². The molecule has 2 rings (SSSR count). The molecule has 0 aliphatic rings. The Morgan fingerprint density at radius 1 is 1.42 bits per heavy atom. The number of nitrogens with zero attached hydrogens (tertiary/aromatic N) is 2. The van der Waals surface area contributed by atoms with E-state index in [1.165, 1.54) is 0 Å². The highest BCUT2D eigenvalue weighted by Crippen LogP contribution is 2.09. The van der Waals surface area contributed by atoms with Crippen LogP contribution in [0.15, 0.2) is 36.7 Å². The molecule has 0 unspecified atom stereocenters. The number of anilines is 1. The molecule has 2 aromatic rings. The predicted molar refractivity (Wildman–Crippen MR) is 74.8 cm³/mol. The summed E-state index contributed by atoms with van der Waals surface area (Å²) in [4.78, 5) is 16.2. The molecule has 1 aromatic heterocycles. The van der Waals surface area contributed by atoms with Crippen LogP contribution in [0.3, 0.4) is 0 Å². The summed E-state index contributed by atoms with van der Waals surface area (Å²) in [5, 5.41) is 5.91. The molecule has 0 radical (unpaired) electrons. The number of carbonyl (C=O) groups is 1. The number of amides is 1. The largest absolute Gasteiger partial charge is 0.325 e. The van der Waals surface area contributed by atoms with Crippen molar-refractivity contribution < 1.29 is 4.79 Å². The zero-order valence-corrected chi connectivity index (χ0v) is 11.2. The van der Waals surface area contributed by atoms with E-state index in [0.29, 0.717) is 6.54 Å². The lowest BCUT2D eigenvalue weighted by molar-refractivity contribution is -0.116. The monoisotopic (exact) mass is 258 g/mol. The summed E-state index contributed by atoms with van der Waals surface area (Å²) >= 11 is 0. The molecule has 5 nitrogen and oxygen atoms in total. The van der Waals surface area contributed by atoms with E-state index in [1.54, 1.807) is 6.20 Å². The molecular weight excluding hydrogens is 240 g/mol. The summed E-state index contributed by atoms with van der Waals surface area (Å²) in [7, 11) is 1.85. The van der Waals surface area contributed by atoms with Gasteiger partial charge in [0.25, 0.3) is 0 Å². The number of aryl methyl sites for hydroxylation is 1. The van der Waals surface area contributed by atoms with Crippen LogP contribution < -0.4 is 10.6 Å². The Morgan fingerprint density at radius 3 is 3.00 bits per heavy atom. The van der Waals surface area contributed by atoms with Crippen molar-refractivity contribution in [2.75, 3.05) is 12.4 Å². The smallest absolute Gasteiger partial charge is 0.244 e. The molecule has 0 aliphatic carbocycles. The van der Waals surface area contributed by atoms with Gasteiger partial charge in [0.15, 0.2) is 0 Å². The average molecular weight is 258 g/mol. The van der Waals surface area contributed by atoms with Gasteiger partial charge in [-0.15, -0.1) is 0 Å². The fraction of sp³-hybridized carbons (Fsp3) is 0.286. The highest BCUT2D eigenvalue weighted by atomic mass is 16.1. The van der Waals surface area contributed by atoms with E-state index in [4.69, 9.17) is 0 Å². The minimum absolute atomic E-state index is 0.0547. The summed E-state index contributed by atoms with van der Waals surface area (Å²) in [5.41, 5.74) is 1.94. The van der Waals surface area contributed by atoms with Gasteiger partial charge in [-0.1, -0.05) is 12.1 Å². The Labute approximate surface area is 112 Å². The molecule has 0 spiro atoms. The van der Waals surface area contributed by atoms with Crippen LogP contribution in [0.5, 0.6) is 0 Å². The minimum atomic E-state index is -0.0547. The Kier molecular flexibility index (Phi) is 4.30. The summed E-state index contributed by atoms with van der Waals surface area (Å²) in [6.45, 7) is 2.91. The first-order valence-corrected chi connectivity index (χ1v) is 6.20. The molecule has 1 amide bonds. The number of rotatable bonds is 5. The van der Waals surface area contributed by atoms with E-state index in [1.807, 2.05) is 49.0 Å². The van der Waals surface area contributed by atoms with Crippen LogP contribution in [0.2, 0.25) is 0 Å². The van der Waals surface area contributed by atoms with Crippen molar-refractivity contribution in [3.63, 3.8) is 0 Å². The van der Waals surface area contributed by atoms with E-state index in [0.717, 1.165) is 17.1 Å². The van der Waals surface area contributed by atoms with Gasteiger partial charge in [0.05, 0.1) is 6.54 Å². The molecule has 2 N–H and O–H groups in total. The Hall–Kier alpha value is -2.14. The summed E-state index contributed by atoms with van der Waals surface area (Å²) in [5.74, 6) is 0.794. The molecule has 0 fully saturated rings. The van der Waals surface area contributed by atoms with Crippen LogP contribution in [-0.2, 0) is 17.9 Å². The number of carbonyl (C=O) groups excluding carboxylic acids is 1. The van der Waals surface area contributed by atoms with Gasteiger partial charge < -0.3 is 15.2 Å². The fourth-order valence-electron chi connectivity index (χ4n) is 1.89.